The molecule has 1 saturated carbocycles. The maximum absolute atomic E-state index is 12.4. The largest absolute Gasteiger partial charge is 0.392 e. The van der Waals surface area contributed by atoms with Crippen molar-refractivity contribution >= 4 is 5.91 Å². The summed E-state index contributed by atoms with van der Waals surface area (Å²) >= 11 is 0. The van der Waals surface area contributed by atoms with Crippen molar-refractivity contribution in [2.75, 3.05) is 0 Å². The van der Waals surface area contributed by atoms with Crippen molar-refractivity contribution in [3.63, 3.8) is 0 Å². The number of fused-ring (bicyclic) bond motifs is 1. The molecule has 2 N–H and O–H groups in total. The molecule has 1 amide bonds. The molecule has 108 valence electrons. The molecule has 0 radical (unpaired) electrons. The van der Waals surface area contributed by atoms with Crippen molar-refractivity contribution in [2.45, 2.75) is 51.7 Å². The second kappa shape index (κ2) is 4.88. The van der Waals surface area contributed by atoms with Crippen molar-refractivity contribution < 1.29 is 9.90 Å². The van der Waals surface area contributed by atoms with Crippen LogP contribution in [0.25, 0.3) is 0 Å². The predicted octanol–water partition coefficient (Wildman–Crippen LogP) is 2.07. The van der Waals surface area contributed by atoms with Gasteiger partial charge in [0.2, 0.25) is 5.91 Å². The number of carbonyl (C=O) groups is 1. The highest BCUT2D eigenvalue weighted by molar-refractivity contribution is 5.80. The minimum absolute atomic E-state index is 0.0819. The maximum atomic E-state index is 12.4. The van der Waals surface area contributed by atoms with Gasteiger partial charge < -0.3 is 10.4 Å². The van der Waals surface area contributed by atoms with Crippen LogP contribution >= 0.6 is 0 Å². The fraction of sp³-hybridized carbons (Fsp3) is 0.588. The van der Waals surface area contributed by atoms with E-state index < -0.39 is 0 Å². The lowest BCUT2D eigenvalue weighted by molar-refractivity contribution is -0.133. The molecule has 3 atom stereocenters. The molecule has 2 aliphatic rings. The van der Waals surface area contributed by atoms with Crippen LogP contribution in [0.1, 0.15) is 37.8 Å². The van der Waals surface area contributed by atoms with Gasteiger partial charge in [0.05, 0.1) is 6.10 Å². The van der Waals surface area contributed by atoms with Gasteiger partial charge in [0, 0.05) is 17.4 Å². The molecular weight excluding hydrogens is 250 g/mol. The number of hydrogen-bond donors (Lipinski definition) is 2. The number of aryl methyl sites for hydroxylation is 1. The molecule has 0 aromatic heterocycles. The Bertz CT molecular complexity index is 523. The fourth-order valence-electron chi connectivity index (χ4n) is 3.36. The second-order valence-electron chi connectivity index (χ2n) is 6.84. The summed E-state index contributed by atoms with van der Waals surface area (Å²) in [4.78, 5) is 12.4. The van der Waals surface area contributed by atoms with Crippen LogP contribution in [-0.2, 0) is 17.6 Å². The monoisotopic (exact) mass is 273 g/mol. The minimum Gasteiger partial charge on any atom is -0.392 e. The lowest BCUT2D eigenvalue weighted by atomic mass is 9.64. The Morgan fingerprint density at radius 1 is 1.30 bits per heavy atom. The van der Waals surface area contributed by atoms with Crippen LogP contribution in [-0.4, -0.2) is 23.2 Å². The van der Waals surface area contributed by atoms with Crippen molar-refractivity contribution in [3.05, 3.63) is 35.4 Å². The average Bonchev–Trinajstić information content (AvgIpc) is 2.46. The highest BCUT2D eigenvalue weighted by Crippen LogP contribution is 2.40. The molecule has 3 nitrogen and oxygen atoms in total. The predicted molar refractivity (Wildman–Crippen MR) is 78.3 cm³/mol. The van der Waals surface area contributed by atoms with Gasteiger partial charge in [-0.1, -0.05) is 38.1 Å². The lowest BCUT2D eigenvalue weighted by Gasteiger charge is -2.49. The summed E-state index contributed by atoms with van der Waals surface area (Å²) in [5, 5.41) is 12.9. The zero-order valence-corrected chi connectivity index (χ0v) is 12.2. The first-order valence-electron chi connectivity index (χ1n) is 7.53. The molecule has 20 heavy (non-hydrogen) atoms. The van der Waals surface area contributed by atoms with E-state index in [0.29, 0.717) is 6.42 Å². The van der Waals surface area contributed by atoms with E-state index in [-0.39, 0.29) is 29.4 Å². The molecule has 0 heterocycles. The Hall–Kier alpha value is -1.35. The Morgan fingerprint density at radius 2 is 2.00 bits per heavy atom. The number of aliphatic hydroxyl groups is 1. The van der Waals surface area contributed by atoms with E-state index in [1.165, 1.54) is 11.1 Å². The SMILES string of the molecule is CC1(C)C(O)CC1NC(=O)C1CCc2ccccc2C1. The molecule has 0 saturated heterocycles. The summed E-state index contributed by atoms with van der Waals surface area (Å²) in [6, 6.07) is 8.52. The summed E-state index contributed by atoms with van der Waals surface area (Å²) in [6.45, 7) is 4.03. The third-order valence-electron chi connectivity index (χ3n) is 5.25. The zero-order chi connectivity index (χ0) is 14.3. The normalized spacial score (nSPS) is 31.1. The van der Waals surface area contributed by atoms with Gasteiger partial charge in [-0.3, -0.25) is 4.79 Å². The van der Waals surface area contributed by atoms with Crippen LogP contribution in [0.15, 0.2) is 24.3 Å². The van der Waals surface area contributed by atoms with Gasteiger partial charge >= 0.3 is 0 Å². The van der Waals surface area contributed by atoms with Crippen molar-refractivity contribution in [3.8, 4) is 0 Å². The summed E-state index contributed by atoms with van der Waals surface area (Å²) in [5.41, 5.74) is 2.50. The molecule has 0 bridgehead atoms. The number of rotatable bonds is 2. The Kier molecular flexibility index (Phi) is 3.33. The zero-order valence-electron chi connectivity index (χ0n) is 12.2. The molecule has 3 unspecified atom stereocenters. The van der Waals surface area contributed by atoms with Gasteiger partial charge in [0.1, 0.15) is 0 Å². The molecule has 2 aliphatic carbocycles. The van der Waals surface area contributed by atoms with Crippen LogP contribution in [0.5, 0.6) is 0 Å². The Morgan fingerprint density at radius 3 is 2.65 bits per heavy atom. The third-order valence-corrected chi connectivity index (χ3v) is 5.25. The molecule has 3 heteroatoms. The third kappa shape index (κ3) is 2.24. The number of carbonyl (C=O) groups excluding carboxylic acids is 1. The number of hydrogen-bond acceptors (Lipinski definition) is 2. The van der Waals surface area contributed by atoms with Crippen molar-refractivity contribution in [1.29, 1.82) is 0 Å². The van der Waals surface area contributed by atoms with E-state index >= 15 is 0 Å². The first-order chi connectivity index (χ1) is 9.48. The van der Waals surface area contributed by atoms with Crippen LogP contribution in [0.4, 0.5) is 0 Å². The topological polar surface area (TPSA) is 49.3 Å². The quantitative estimate of drug-likeness (QED) is 0.866. The van der Waals surface area contributed by atoms with Gasteiger partial charge in [0.15, 0.2) is 0 Å². The number of benzene rings is 1. The van der Waals surface area contributed by atoms with E-state index in [1.807, 2.05) is 19.9 Å². The molecule has 1 fully saturated rings. The van der Waals surface area contributed by atoms with E-state index in [0.717, 1.165) is 19.3 Å². The summed E-state index contributed by atoms with van der Waals surface area (Å²) in [7, 11) is 0. The van der Waals surface area contributed by atoms with Gasteiger partial charge in [-0.15, -0.1) is 0 Å². The Balaban J connectivity index is 1.63. The lowest BCUT2D eigenvalue weighted by Crippen LogP contribution is -2.62. The molecule has 1 aromatic carbocycles. The van der Waals surface area contributed by atoms with Crippen molar-refractivity contribution in [1.82, 2.24) is 5.32 Å². The van der Waals surface area contributed by atoms with Crippen LogP contribution < -0.4 is 5.32 Å². The molecule has 1 aromatic rings. The smallest absolute Gasteiger partial charge is 0.223 e. The highest BCUT2D eigenvalue weighted by Gasteiger charge is 2.48. The first kappa shape index (κ1) is 13.6. The van der Waals surface area contributed by atoms with E-state index in [2.05, 4.69) is 23.5 Å². The van der Waals surface area contributed by atoms with Crippen molar-refractivity contribution in [2.24, 2.45) is 11.3 Å². The first-order valence-corrected chi connectivity index (χ1v) is 7.53. The molecule has 0 aliphatic heterocycles. The fourth-order valence-corrected chi connectivity index (χ4v) is 3.36. The van der Waals surface area contributed by atoms with Gasteiger partial charge in [0.25, 0.3) is 0 Å². The summed E-state index contributed by atoms with van der Waals surface area (Å²) < 4.78 is 0. The summed E-state index contributed by atoms with van der Waals surface area (Å²) in [5.74, 6) is 0.239. The molecule has 3 rings (SSSR count). The van der Waals surface area contributed by atoms with Gasteiger partial charge in [-0.05, 0) is 36.8 Å². The second-order valence-corrected chi connectivity index (χ2v) is 6.84. The number of amides is 1. The van der Waals surface area contributed by atoms with Gasteiger partial charge in [-0.25, -0.2) is 0 Å². The van der Waals surface area contributed by atoms with E-state index in [9.17, 15) is 9.90 Å². The van der Waals surface area contributed by atoms with Crippen LogP contribution in [0.3, 0.4) is 0 Å². The molecular formula is C17H23NO2. The van der Waals surface area contributed by atoms with Crippen LogP contribution in [0.2, 0.25) is 0 Å². The standard InChI is InChI=1S/C17H23NO2/c1-17(2)14(10-15(17)19)18-16(20)13-8-7-11-5-3-4-6-12(11)9-13/h3-6,13-15,19H,7-10H2,1-2H3,(H,18,20). The Labute approximate surface area is 120 Å². The summed E-state index contributed by atoms with van der Waals surface area (Å²) in [6.07, 6.45) is 3.16. The maximum Gasteiger partial charge on any atom is 0.223 e. The van der Waals surface area contributed by atoms with E-state index in [1.54, 1.807) is 0 Å². The van der Waals surface area contributed by atoms with Crippen LogP contribution in [0, 0.1) is 11.3 Å². The minimum atomic E-state index is -0.292. The number of aliphatic hydroxyl groups excluding tert-OH is 1. The van der Waals surface area contributed by atoms with Gasteiger partial charge in [-0.2, -0.15) is 0 Å². The average molecular weight is 273 g/mol. The highest BCUT2D eigenvalue weighted by atomic mass is 16.3. The molecule has 0 spiro atoms. The van der Waals surface area contributed by atoms with E-state index in [4.69, 9.17) is 0 Å². The number of nitrogens with one attached hydrogen (secondary N) is 1.